The fraction of sp³-hybridized carbons (Fsp3) is 1.00. The zero-order valence-electron chi connectivity index (χ0n) is 11.2. The summed E-state index contributed by atoms with van der Waals surface area (Å²) >= 11 is 0. The monoisotopic (exact) mass is 222 g/mol. The Kier molecular flexibility index (Phi) is 2.41. The summed E-state index contributed by atoms with van der Waals surface area (Å²) in [6, 6.07) is 0. The molecule has 0 radical (unpaired) electrons. The molecule has 4 saturated carbocycles. The van der Waals surface area contributed by atoms with Gasteiger partial charge in [0.2, 0.25) is 0 Å². The maximum Gasteiger partial charge on any atom is 0.0638 e. The molecule has 16 heavy (non-hydrogen) atoms. The van der Waals surface area contributed by atoms with E-state index in [2.05, 4.69) is 27.7 Å². The van der Waals surface area contributed by atoms with Gasteiger partial charge in [0.1, 0.15) is 0 Å². The Morgan fingerprint density at radius 3 is 2.31 bits per heavy atom. The number of ether oxygens (including phenoxy) is 1. The van der Waals surface area contributed by atoms with Crippen molar-refractivity contribution in [3.05, 3.63) is 0 Å². The molecule has 0 aliphatic heterocycles. The van der Waals surface area contributed by atoms with Crippen molar-refractivity contribution in [2.24, 2.45) is 29.1 Å². The Morgan fingerprint density at radius 2 is 1.69 bits per heavy atom. The molecular formula is C15H26O. The first-order chi connectivity index (χ1) is 7.45. The summed E-state index contributed by atoms with van der Waals surface area (Å²) in [7, 11) is 0. The number of hydrogen-bond donors (Lipinski definition) is 0. The molecule has 4 bridgehead atoms. The largest absolute Gasteiger partial charge is 0.374 e. The molecule has 6 atom stereocenters. The molecule has 4 aliphatic rings. The van der Waals surface area contributed by atoms with Gasteiger partial charge in [-0.2, -0.15) is 0 Å². The minimum atomic E-state index is 0.292. The molecule has 0 aromatic carbocycles. The second-order valence-electron chi connectivity index (χ2n) is 7.60. The van der Waals surface area contributed by atoms with E-state index in [4.69, 9.17) is 4.74 Å². The highest BCUT2D eigenvalue weighted by Crippen LogP contribution is 2.59. The summed E-state index contributed by atoms with van der Waals surface area (Å²) < 4.78 is 6.44. The number of hydrogen-bond acceptors (Lipinski definition) is 1. The highest BCUT2D eigenvalue weighted by atomic mass is 16.5. The van der Waals surface area contributed by atoms with E-state index in [1.165, 1.54) is 25.7 Å². The van der Waals surface area contributed by atoms with Crippen molar-refractivity contribution in [1.82, 2.24) is 0 Å². The lowest BCUT2D eigenvalue weighted by atomic mass is 9.80. The van der Waals surface area contributed by atoms with E-state index in [1.807, 2.05) is 0 Å². The van der Waals surface area contributed by atoms with Crippen LogP contribution in [0.15, 0.2) is 0 Å². The molecule has 0 N–H and O–H groups in total. The van der Waals surface area contributed by atoms with Gasteiger partial charge in [0.05, 0.1) is 12.2 Å². The van der Waals surface area contributed by atoms with Crippen LogP contribution in [0.5, 0.6) is 0 Å². The molecule has 4 fully saturated rings. The molecule has 4 aliphatic carbocycles. The van der Waals surface area contributed by atoms with E-state index < -0.39 is 0 Å². The van der Waals surface area contributed by atoms with Gasteiger partial charge < -0.3 is 4.74 Å². The second kappa shape index (κ2) is 3.48. The van der Waals surface area contributed by atoms with Crippen molar-refractivity contribution >= 4 is 0 Å². The van der Waals surface area contributed by atoms with E-state index in [0.717, 1.165) is 23.7 Å². The Hall–Kier alpha value is -0.0400. The molecule has 4 rings (SSSR count). The predicted molar refractivity (Wildman–Crippen MR) is 66.2 cm³/mol. The van der Waals surface area contributed by atoms with Gasteiger partial charge in [-0.1, -0.05) is 20.8 Å². The van der Waals surface area contributed by atoms with Crippen LogP contribution in [0.25, 0.3) is 0 Å². The van der Waals surface area contributed by atoms with Crippen molar-refractivity contribution in [3.8, 4) is 0 Å². The van der Waals surface area contributed by atoms with Gasteiger partial charge in [-0.3, -0.25) is 0 Å². The van der Waals surface area contributed by atoms with Crippen LogP contribution in [0, 0.1) is 29.1 Å². The quantitative estimate of drug-likeness (QED) is 0.689. The van der Waals surface area contributed by atoms with Crippen molar-refractivity contribution in [1.29, 1.82) is 0 Å². The van der Waals surface area contributed by atoms with Crippen LogP contribution in [0.3, 0.4) is 0 Å². The summed E-state index contributed by atoms with van der Waals surface area (Å²) in [6.07, 6.45) is 6.94. The van der Waals surface area contributed by atoms with E-state index in [-0.39, 0.29) is 0 Å². The molecule has 0 heterocycles. The summed E-state index contributed by atoms with van der Waals surface area (Å²) in [6.45, 7) is 9.14. The third-order valence-electron chi connectivity index (χ3n) is 5.56. The molecular weight excluding hydrogens is 196 g/mol. The van der Waals surface area contributed by atoms with Crippen LogP contribution in [-0.2, 0) is 4.74 Å². The van der Waals surface area contributed by atoms with Gasteiger partial charge in [-0.15, -0.1) is 0 Å². The average Bonchev–Trinajstić information content (AvgIpc) is 2.57. The van der Waals surface area contributed by atoms with Crippen LogP contribution in [0.1, 0.15) is 53.4 Å². The third kappa shape index (κ3) is 1.63. The first-order valence-corrected chi connectivity index (χ1v) is 7.10. The van der Waals surface area contributed by atoms with Crippen LogP contribution in [-0.4, -0.2) is 12.2 Å². The van der Waals surface area contributed by atoms with Crippen molar-refractivity contribution in [2.45, 2.75) is 65.6 Å². The second-order valence-corrected chi connectivity index (χ2v) is 7.60. The first-order valence-electron chi connectivity index (χ1n) is 7.10. The Balaban J connectivity index is 1.69. The average molecular weight is 222 g/mol. The van der Waals surface area contributed by atoms with Crippen LogP contribution >= 0.6 is 0 Å². The van der Waals surface area contributed by atoms with E-state index >= 15 is 0 Å². The fourth-order valence-corrected chi connectivity index (χ4v) is 4.33. The van der Waals surface area contributed by atoms with Crippen molar-refractivity contribution in [3.63, 3.8) is 0 Å². The highest BCUT2D eigenvalue weighted by Gasteiger charge is 2.54. The van der Waals surface area contributed by atoms with Gasteiger partial charge in [0, 0.05) is 0 Å². The molecule has 1 nitrogen and oxygen atoms in total. The standard InChI is InChI=1S/C15H26O/c1-9(15(2,3)4)16-14-12-6-10-5-11(8-12)13(14)7-10/h9-14H,5-8H2,1-4H3. The fourth-order valence-electron chi connectivity index (χ4n) is 4.33. The number of rotatable bonds is 2. The molecule has 6 unspecified atom stereocenters. The smallest absolute Gasteiger partial charge is 0.0638 e. The van der Waals surface area contributed by atoms with Crippen molar-refractivity contribution < 1.29 is 4.74 Å². The lowest BCUT2D eigenvalue weighted by molar-refractivity contribution is -0.0996. The molecule has 0 aromatic heterocycles. The van der Waals surface area contributed by atoms with Crippen LogP contribution in [0.4, 0.5) is 0 Å². The minimum absolute atomic E-state index is 0.292. The maximum absolute atomic E-state index is 6.44. The van der Waals surface area contributed by atoms with Crippen LogP contribution < -0.4 is 0 Å². The van der Waals surface area contributed by atoms with E-state index in [9.17, 15) is 0 Å². The van der Waals surface area contributed by atoms with Crippen molar-refractivity contribution in [2.75, 3.05) is 0 Å². The Bertz CT molecular complexity index is 274. The van der Waals surface area contributed by atoms with Gasteiger partial charge in [-0.05, 0) is 61.7 Å². The molecule has 0 aromatic rings. The zero-order chi connectivity index (χ0) is 11.5. The summed E-state index contributed by atoms with van der Waals surface area (Å²) in [5, 5.41) is 0. The summed E-state index contributed by atoms with van der Waals surface area (Å²) in [5.41, 5.74) is 0.292. The Labute approximate surface area is 99.9 Å². The third-order valence-corrected chi connectivity index (χ3v) is 5.56. The zero-order valence-corrected chi connectivity index (χ0v) is 11.2. The van der Waals surface area contributed by atoms with Gasteiger partial charge >= 0.3 is 0 Å². The summed E-state index contributed by atoms with van der Waals surface area (Å²) in [4.78, 5) is 0. The first kappa shape index (κ1) is 11.1. The van der Waals surface area contributed by atoms with Gasteiger partial charge in [0.25, 0.3) is 0 Å². The lowest BCUT2D eigenvalue weighted by Crippen LogP contribution is -2.37. The lowest BCUT2D eigenvalue weighted by Gasteiger charge is -2.37. The van der Waals surface area contributed by atoms with Crippen LogP contribution in [0.2, 0.25) is 0 Å². The molecule has 92 valence electrons. The Morgan fingerprint density at radius 1 is 1.00 bits per heavy atom. The molecule has 1 heteroatoms. The van der Waals surface area contributed by atoms with Gasteiger partial charge in [-0.25, -0.2) is 0 Å². The minimum Gasteiger partial charge on any atom is -0.374 e. The topological polar surface area (TPSA) is 9.23 Å². The highest BCUT2D eigenvalue weighted by molar-refractivity contribution is 5.04. The molecule has 0 amide bonds. The maximum atomic E-state index is 6.44. The summed E-state index contributed by atoms with van der Waals surface area (Å²) in [5.74, 6) is 3.93. The van der Waals surface area contributed by atoms with E-state index in [1.54, 1.807) is 0 Å². The normalized spacial score (nSPS) is 47.6. The SMILES string of the molecule is CC(OC1C2CC3CC(C2)C1C3)C(C)(C)C. The van der Waals surface area contributed by atoms with E-state index in [0.29, 0.717) is 17.6 Å². The van der Waals surface area contributed by atoms with Gasteiger partial charge in [0.15, 0.2) is 0 Å². The predicted octanol–water partition coefficient (Wildman–Crippen LogP) is 3.87. The molecule has 0 spiro atoms. The molecule has 0 saturated heterocycles.